The Morgan fingerprint density at radius 1 is 0.581 bits per heavy atom. The van der Waals surface area contributed by atoms with Crippen LogP contribution in [0, 0.1) is 11.8 Å². The number of hydrogen-bond donors (Lipinski definition) is 0. The molecule has 2 aromatic rings. The molecule has 4 aliphatic rings. The summed E-state index contributed by atoms with van der Waals surface area (Å²) >= 11 is 0. The fraction of sp³-hybridized carbons (Fsp3) is 0.571. The molecule has 2 aliphatic heterocycles. The molecule has 2 heterocycles. The van der Waals surface area contributed by atoms with E-state index < -0.39 is 8.07 Å². The van der Waals surface area contributed by atoms with Crippen molar-refractivity contribution in [1.29, 1.82) is 0 Å². The highest BCUT2D eigenvalue weighted by Gasteiger charge is 2.46. The summed E-state index contributed by atoms with van der Waals surface area (Å²) in [6.45, 7) is 0. The molecule has 0 aromatic heterocycles. The zero-order chi connectivity index (χ0) is 20.7. The van der Waals surface area contributed by atoms with E-state index in [9.17, 15) is 0 Å². The summed E-state index contributed by atoms with van der Waals surface area (Å²) in [6, 6.07) is 26.0. The molecule has 0 amide bonds. The fourth-order valence-corrected chi connectivity index (χ4v) is 12.0. The summed E-state index contributed by atoms with van der Waals surface area (Å²) in [6.07, 6.45) is 13.1. The maximum atomic E-state index is 5.85. The molecule has 2 saturated heterocycles. The smallest absolute Gasteiger partial charge is 0.118 e. The summed E-state index contributed by atoms with van der Waals surface area (Å²) in [5.41, 5.74) is 0. The van der Waals surface area contributed by atoms with E-state index in [1.165, 1.54) is 63.5 Å². The normalized spacial score (nSPS) is 33.9. The predicted octanol–water partition coefficient (Wildman–Crippen LogP) is 5.16. The first-order chi connectivity index (χ1) is 15.3. The lowest BCUT2D eigenvalue weighted by Crippen LogP contribution is -2.58. The molecule has 4 fully saturated rings. The van der Waals surface area contributed by atoms with Gasteiger partial charge in [-0.05, 0) is 62.4 Å². The number of benzene rings is 2. The van der Waals surface area contributed by atoms with Crippen LogP contribution in [0.4, 0.5) is 0 Å². The van der Waals surface area contributed by atoms with E-state index in [1.807, 2.05) is 0 Å². The number of rotatable bonds is 8. The van der Waals surface area contributed by atoms with Gasteiger partial charge in [0.05, 0.1) is 24.4 Å². The zero-order valence-corrected chi connectivity index (χ0v) is 19.6. The maximum absolute atomic E-state index is 5.85. The highest BCUT2D eigenvalue weighted by Crippen LogP contribution is 2.43. The minimum Gasteiger partial charge on any atom is -0.370 e. The molecule has 0 bridgehead atoms. The van der Waals surface area contributed by atoms with Crippen molar-refractivity contribution in [2.75, 3.05) is 0 Å². The summed E-state index contributed by atoms with van der Waals surface area (Å²) in [5.74, 6) is 1.72. The third-order valence-corrected chi connectivity index (χ3v) is 14.0. The molecule has 0 radical (unpaired) electrons. The summed E-state index contributed by atoms with van der Waals surface area (Å²) in [5, 5.41) is 3.29. The lowest BCUT2D eigenvalue weighted by molar-refractivity contribution is 0.355. The summed E-state index contributed by atoms with van der Waals surface area (Å²) in [7, 11) is -1.81. The lowest BCUT2D eigenvalue weighted by atomic mass is 9.87. The van der Waals surface area contributed by atoms with Crippen LogP contribution >= 0.6 is 0 Å². The standard InChI is InChI=1S/C28H36O2Si/c1-3-7-23(8-4-1)31(24-9-5-2-6-10-24,17-15-21-11-13-25-27(19-21)29-25)18-16-22-12-14-26-28(20-22)30-26/h1-10,21-22,25-28H,11-20H2. The van der Waals surface area contributed by atoms with Crippen LogP contribution in [0.2, 0.25) is 12.1 Å². The third-order valence-electron chi connectivity index (χ3n) is 8.84. The van der Waals surface area contributed by atoms with Gasteiger partial charge in [0.1, 0.15) is 8.07 Å². The van der Waals surface area contributed by atoms with E-state index >= 15 is 0 Å². The molecule has 0 spiro atoms. The van der Waals surface area contributed by atoms with E-state index in [2.05, 4.69) is 60.7 Å². The number of fused-ring (bicyclic) bond motifs is 2. The largest absolute Gasteiger partial charge is 0.370 e. The topological polar surface area (TPSA) is 25.1 Å². The van der Waals surface area contributed by atoms with Crippen LogP contribution in [0.5, 0.6) is 0 Å². The Morgan fingerprint density at radius 2 is 1.03 bits per heavy atom. The highest BCUT2D eigenvalue weighted by molar-refractivity contribution is 7.02. The first kappa shape index (κ1) is 20.2. The van der Waals surface area contributed by atoms with Gasteiger partial charge in [-0.3, -0.25) is 0 Å². The molecule has 6 rings (SSSR count). The highest BCUT2D eigenvalue weighted by atomic mass is 28.3. The SMILES string of the molecule is c1ccc([Si](CCC2CCC3OC3C2)(CCC2CCC3OC3C2)c2ccccc2)cc1. The molecule has 6 unspecified atom stereocenters. The predicted molar refractivity (Wildman–Crippen MR) is 129 cm³/mol. The van der Waals surface area contributed by atoms with E-state index in [1.54, 1.807) is 10.4 Å². The van der Waals surface area contributed by atoms with Crippen molar-refractivity contribution in [2.45, 2.75) is 87.9 Å². The van der Waals surface area contributed by atoms with E-state index in [0.29, 0.717) is 24.4 Å². The second-order valence-corrected chi connectivity index (χ2v) is 15.0. The van der Waals surface area contributed by atoms with E-state index in [-0.39, 0.29) is 0 Å². The second-order valence-electron chi connectivity index (χ2n) is 10.7. The van der Waals surface area contributed by atoms with Crippen molar-refractivity contribution in [3.63, 3.8) is 0 Å². The molecular formula is C28H36O2Si. The molecule has 2 aromatic carbocycles. The average molecular weight is 433 g/mol. The van der Waals surface area contributed by atoms with Gasteiger partial charge in [-0.25, -0.2) is 0 Å². The Bertz CT molecular complexity index is 796. The monoisotopic (exact) mass is 432 g/mol. The second kappa shape index (κ2) is 8.50. The molecule has 2 saturated carbocycles. The Morgan fingerprint density at radius 3 is 1.45 bits per heavy atom. The average Bonchev–Trinajstić information content (AvgIpc) is 3.75. The summed E-state index contributed by atoms with van der Waals surface area (Å²) < 4.78 is 11.7. The van der Waals surface area contributed by atoms with Gasteiger partial charge >= 0.3 is 0 Å². The number of hydrogen-bond acceptors (Lipinski definition) is 2. The molecule has 6 atom stereocenters. The van der Waals surface area contributed by atoms with Crippen molar-refractivity contribution < 1.29 is 9.47 Å². The first-order valence-corrected chi connectivity index (χ1v) is 15.1. The van der Waals surface area contributed by atoms with Crippen LogP contribution in [-0.2, 0) is 9.47 Å². The number of ether oxygens (including phenoxy) is 2. The Balaban J connectivity index is 1.27. The van der Waals surface area contributed by atoms with Crippen LogP contribution in [0.15, 0.2) is 60.7 Å². The van der Waals surface area contributed by atoms with Crippen molar-refractivity contribution in [1.82, 2.24) is 0 Å². The van der Waals surface area contributed by atoms with Gasteiger partial charge in [-0.1, -0.05) is 83.9 Å². The third kappa shape index (κ3) is 4.29. The molecule has 31 heavy (non-hydrogen) atoms. The molecule has 3 heteroatoms. The molecule has 2 aliphatic carbocycles. The van der Waals surface area contributed by atoms with Crippen LogP contribution in [0.3, 0.4) is 0 Å². The quantitative estimate of drug-likeness (QED) is 0.425. The minimum absolute atomic E-state index is 0.594. The van der Waals surface area contributed by atoms with Crippen LogP contribution < -0.4 is 10.4 Å². The van der Waals surface area contributed by atoms with Crippen molar-refractivity contribution in [3.05, 3.63) is 60.7 Å². The lowest BCUT2D eigenvalue weighted by Gasteiger charge is -2.36. The van der Waals surface area contributed by atoms with Gasteiger partial charge < -0.3 is 9.47 Å². The fourth-order valence-electron chi connectivity index (χ4n) is 6.78. The minimum atomic E-state index is -1.81. The molecule has 0 N–H and O–H groups in total. The van der Waals surface area contributed by atoms with Crippen LogP contribution in [0.1, 0.15) is 51.4 Å². The van der Waals surface area contributed by atoms with Crippen LogP contribution in [-0.4, -0.2) is 32.5 Å². The summed E-state index contributed by atoms with van der Waals surface area (Å²) in [4.78, 5) is 0. The Labute approximate surface area is 188 Å². The van der Waals surface area contributed by atoms with Crippen molar-refractivity contribution in [3.8, 4) is 0 Å². The van der Waals surface area contributed by atoms with Crippen molar-refractivity contribution in [2.24, 2.45) is 11.8 Å². The Hall–Kier alpha value is -1.42. The number of epoxide rings is 2. The van der Waals surface area contributed by atoms with Gasteiger partial charge in [0.2, 0.25) is 0 Å². The van der Waals surface area contributed by atoms with Gasteiger partial charge in [-0.2, -0.15) is 0 Å². The zero-order valence-electron chi connectivity index (χ0n) is 18.6. The first-order valence-electron chi connectivity index (χ1n) is 12.7. The van der Waals surface area contributed by atoms with Gasteiger partial charge in [0.15, 0.2) is 0 Å². The van der Waals surface area contributed by atoms with Gasteiger partial charge in [0, 0.05) is 0 Å². The molecule has 2 nitrogen and oxygen atoms in total. The molecule has 164 valence electrons. The van der Waals surface area contributed by atoms with Gasteiger partial charge in [0.25, 0.3) is 0 Å². The maximum Gasteiger partial charge on any atom is 0.118 e. The van der Waals surface area contributed by atoms with Crippen molar-refractivity contribution >= 4 is 18.4 Å². The van der Waals surface area contributed by atoms with E-state index in [4.69, 9.17) is 9.47 Å². The Kier molecular flexibility index (Phi) is 5.54. The van der Waals surface area contributed by atoms with E-state index in [0.717, 1.165) is 11.8 Å². The molecular weight excluding hydrogens is 396 g/mol. The van der Waals surface area contributed by atoms with Gasteiger partial charge in [-0.15, -0.1) is 0 Å². The van der Waals surface area contributed by atoms with Crippen LogP contribution in [0.25, 0.3) is 0 Å².